The SMILES string of the molecule is CS(=O)(=O)N1CCCC(CC(O)c2occc2Br)C1. The number of hydrogen-bond donors (Lipinski definition) is 1. The van der Waals surface area contributed by atoms with Crippen molar-refractivity contribution < 1.29 is 17.9 Å². The molecule has 5 nitrogen and oxygen atoms in total. The highest BCUT2D eigenvalue weighted by Gasteiger charge is 2.28. The maximum atomic E-state index is 11.5. The quantitative estimate of drug-likeness (QED) is 0.901. The molecule has 1 fully saturated rings. The fourth-order valence-electron chi connectivity index (χ4n) is 2.49. The van der Waals surface area contributed by atoms with Gasteiger partial charge in [-0.2, -0.15) is 0 Å². The molecule has 0 aliphatic carbocycles. The van der Waals surface area contributed by atoms with E-state index >= 15 is 0 Å². The van der Waals surface area contributed by atoms with Crippen molar-refractivity contribution in [2.45, 2.75) is 25.4 Å². The lowest BCUT2D eigenvalue weighted by molar-refractivity contribution is 0.102. The Morgan fingerprint density at radius 3 is 2.95 bits per heavy atom. The van der Waals surface area contributed by atoms with Gasteiger partial charge in [0, 0.05) is 13.1 Å². The van der Waals surface area contributed by atoms with Crippen LogP contribution in [0.4, 0.5) is 0 Å². The molecule has 0 radical (unpaired) electrons. The number of rotatable bonds is 4. The second-order valence-electron chi connectivity index (χ2n) is 5.01. The molecule has 1 aliphatic rings. The highest BCUT2D eigenvalue weighted by molar-refractivity contribution is 9.10. The normalized spacial score (nSPS) is 23.4. The molecule has 2 heterocycles. The largest absolute Gasteiger partial charge is 0.465 e. The monoisotopic (exact) mass is 351 g/mol. The minimum Gasteiger partial charge on any atom is -0.465 e. The van der Waals surface area contributed by atoms with E-state index in [0.29, 0.717) is 25.3 Å². The molecule has 108 valence electrons. The van der Waals surface area contributed by atoms with Crippen LogP contribution in [0.15, 0.2) is 21.2 Å². The van der Waals surface area contributed by atoms with E-state index in [2.05, 4.69) is 15.9 Å². The van der Waals surface area contributed by atoms with Crippen LogP contribution in [0.5, 0.6) is 0 Å². The van der Waals surface area contributed by atoms with Gasteiger partial charge in [0.05, 0.1) is 17.0 Å². The number of furan rings is 1. The topological polar surface area (TPSA) is 70.8 Å². The lowest BCUT2D eigenvalue weighted by atomic mass is 9.93. The van der Waals surface area contributed by atoms with Gasteiger partial charge in [0.25, 0.3) is 0 Å². The first kappa shape index (κ1) is 15.0. The molecule has 7 heteroatoms. The number of halogens is 1. The summed E-state index contributed by atoms with van der Waals surface area (Å²) in [6.07, 6.45) is 4.33. The second-order valence-corrected chi connectivity index (χ2v) is 7.85. The van der Waals surface area contributed by atoms with E-state index in [1.165, 1.54) is 16.8 Å². The molecule has 1 aromatic rings. The van der Waals surface area contributed by atoms with Crippen LogP contribution in [0.1, 0.15) is 31.1 Å². The Kier molecular flexibility index (Phi) is 4.70. The highest BCUT2D eigenvalue weighted by Crippen LogP contribution is 2.32. The zero-order valence-electron chi connectivity index (χ0n) is 10.8. The van der Waals surface area contributed by atoms with Crippen molar-refractivity contribution in [2.24, 2.45) is 5.92 Å². The molecule has 1 aliphatic heterocycles. The van der Waals surface area contributed by atoms with Gasteiger partial charge in [-0.1, -0.05) is 0 Å². The minimum absolute atomic E-state index is 0.162. The van der Waals surface area contributed by atoms with Crippen LogP contribution >= 0.6 is 15.9 Å². The van der Waals surface area contributed by atoms with Gasteiger partial charge in [-0.3, -0.25) is 0 Å². The molecule has 1 N–H and O–H groups in total. The third kappa shape index (κ3) is 3.81. The number of nitrogens with zero attached hydrogens (tertiary/aromatic N) is 1. The van der Waals surface area contributed by atoms with Gasteiger partial charge in [0.15, 0.2) is 0 Å². The number of aliphatic hydroxyl groups is 1. The smallest absolute Gasteiger partial charge is 0.211 e. The van der Waals surface area contributed by atoms with Crippen molar-refractivity contribution in [2.75, 3.05) is 19.3 Å². The van der Waals surface area contributed by atoms with Gasteiger partial charge < -0.3 is 9.52 Å². The minimum atomic E-state index is -3.14. The standard InChI is InChI=1S/C12H18BrNO4S/c1-19(16,17)14-5-2-3-9(8-14)7-11(15)12-10(13)4-6-18-12/h4,6,9,11,15H,2-3,5,7-8H2,1H3. The zero-order chi connectivity index (χ0) is 14.0. The van der Waals surface area contributed by atoms with Gasteiger partial charge in [0.2, 0.25) is 10.0 Å². The van der Waals surface area contributed by atoms with Crippen LogP contribution in [0.25, 0.3) is 0 Å². The van der Waals surface area contributed by atoms with Crippen molar-refractivity contribution in [1.29, 1.82) is 0 Å². The van der Waals surface area contributed by atoms with Crippen molar-refractivity contribution >= 4 is 26.0 Å². The molecule has 2 atom stereocenters. The van der Waals surface area contributed by atoms with E-state index in [1.54, 1.807) is 6.07 Å². The van der Waals surface area contributed by atoms with E-state index in [4.69, 9.17) is 4.42 Å². The van der Waals surface area contributed by atoms with Crippen LogP contribution in [0.2, 0.25) is 0 Å². The predicted molar refractivity (Wildman–Crippen MR) is 75.1 cm³/mol. The number of hydrogen-bond acceptors (Lipinski definition) is 4. The van der Waals surface area contributed by atoms with E-state index in [9.17, 15) is 13.5 Å². The van der Waals surface area contributed by atoms with Gasteiger partial charge >= 0.3 is 0 Å². The van der Waals surface area contributed by atoms with Crippen molar-refractivity contribution in [1.82, 2.24) is 4.31 Å². The Hall–Kier alpha value is -0.370. The maximum Gasteiger partial charge on any atom is 0.211 e. The van der Waals surface area contributed by atoms with E-state index in [1.807, 2.05) is 0 Å². The lowest BCUT2D eigenvalue weighted by Crippen LogP contribution is -2.39. The van der Waals surface area contributed by atoms with E-state index in [-0.39, 0.29) is 5.92 Å². The molecule has 0 bridgehead atoms. The summed E-state index contributed by atoms with van der Waals surface area (Å²) in [5.41, 5.74) is 0. The summed E-state index contributed by atoms with van der Waals surface area (Å²) in [5, 5.41) is 10.1. The molecule has 0 saturated carbocycles. The average molecular weight is 352 g/mol. The van der Waals surface area contributed by atoms with Gasteiger partial charge in [-0.25, -0.2) is 12.7 Å². The van der Waals surface area contributed by atoms with E-state index < -0.39 is 16.1 Å². The van der Waals surface area contributed by atoms with Crippen molar-refractivity contribution in [3.05, 3.63) is 22.6 Å². The number of aliphatic hydroxyl groups excluding tert-OH is 1. The summed E-state index contributed by atoms with van der Waals surface area (Å²) in [7, 11) is -3.14. The molecule has 2 rings (SSSR count). The molecule has 1 saturated heterocycles. The third-order valence-electron chi connectivity index (χ3n) is 3.45. The van der Waals surface area contributed by atoms with Gasteiger partial charge in [0.1, 0.15) is 11.9 Å². The fourth-order valence-corrected chi connectivity index (χ4v) is 3.89. The summed E-state index contributed by atoms with van der Waals surface area (Å²) in [5.74, 6) is 0.673. The molecule has 0 aromatic carbocycles. The summed E-state index contributed by atoms with van der Waals surface area (Å²) in [6, 6.07) is 1.74. The van der Waals surface area contributed by atoms with Crippen LogP contribution in [-0.4, -0.2) is 37.2 Å². The van der Waals surface area contributed by atoms with Crippen molar-refractivity contribution in [3.63, 3.8) is 0 Å². The van der Waals surface area contributed by atoms with Crippen LogP contribution in [0, 0.1) is 5.92 Å². The Morgan fingerprint density at radius 2 is 2.37 bits per heavy atom. The van der Waals surface area contributed by atoms with Gasteiger partial charge in [-0.15, -0.1) is 0 Å². The van der Waals surface area contributed by atoms with Crippen LogP contribution in [0.3, 0.4) is 0 Å². The Balaban J connectivity index is 1.98. The van der Waals surface area contributed by atoms with Crippen LogP contribution < -0.4 is 0 Å². The first-order chi connectivity index (χ1) is 8.88. The van der Waals surface area contributed by atoms with Gasteiger partial charge in [-0.05, 0) is 47.2 Å². The molecule has 19 heavy (non-hydrogen) atoms. The van der Waals surface area contributed by atoms with Crippen LogP contribution in [-0.2, 0) is 10.0 Å². The average Bonchev–Trinajstić information content (AvgIpc) is 2.75. The Bertz CT molecular complexity index is 528. The molecular weight excluding hydrogens is 334 g/mol. The first-order valence-electron chi connectivity index (χ1n) is 6.24. The van der Waals surface area contributed by atoms with E-state index in [0.717, 1.165) is 17.3 Å². The predicted octanol–water partition coefficient (Wildman–Crippen LogP) is 2.14. The molecular formula is C12H18BrNO4S. The van der Waals surface area contributed by atoms with Crippen molar-refractivity contribution in [3.8, 4) is 0 Å². The Labute approximate surface area is 121 Å². The lowest BCUT2D eigenvalue weighted by Gasteiger charge is -2.31. The third-order valence-corrected chi connectivity index (χ3v) is 5.38. The molecule has 0 spiro atoms. The number of piperidine rings is 1. The zero-order valence-corrected chi connectivity index (χ0v) is 13.2. The summed E-state index contributed by atoms with van der Waals surface area (Å²) in [6.45, 7) is 1.06. The fraction of sp³-hybridized carbons (Fsp3) is 0.667. The molecule has 0 amide bonds. The maximum absolute atomic E-state index is 11.5. The Morgan fingerprint density at radius 1 is 1.63 bits per heavy atom. The highest BCUT2D eigenvalue weighted by atomic mass is 79.9. The first-order valence-corrected chi connectivity index (χ1v) is 8.88. The second kappa shape index (κ2) is 5.95. The summed E-state index contributed by atoms with van der Waals surface area (Å²) < 4.78 is 30.5. The summed E-state index contributed by atoms with van der Waals surface area (Å²) >= 11 is 3.32. The molecule has 1 aromatic heterocycles. The number of sulfonamides is 1. The summed E-state index contributed by atoms with van der Waals surface area (Å²) in [4.78, 5) is 0. The molecule has 2 unspecified atom stereocenters.